The van der Waals surface area contributed by atoms with Gasteiger partial charge in [0, 0.05) is 6.54 Å². The van der Waals surface area contributed by atoms with Crippen LogP contribution in [0.1, 0.15) is 6.42 Å². The summed E-state index contributed by atoms with van der Waals surface area (Å²) in [5, 5.41) is 1.85. The molecule has 1 aliphatic rings. The summed E-state index contributed by atoms with van der Waals surface area (Å²) < 4.78 is 29.1. The van der Waals surface area contributed by atoms with Crippen molar-refractivity contribution in [3.05, 3.63) is 0 Å². The van der Waals surface area contributed by atoms with E-state index in [4.69, 9.17) is 4.55 Å². The summed E-state index contributed by atoms with van der Waals surface area (Å²) in [5.74, 6) is -2.26. The van der Waals surface area contributed by atoms with Gasteiger partial charge in [-0.05, 0) is 0 Å². The van der Waals surface area contributed by atoms with Crippen LogP contribution in [0, 0.1) is 0 Å². The van der Waals surface area contributed by atoms with Crippen LogP contribution in [0.4, 0.5) is 4.79 Å². The van der Waals surface area contributed by atoms with Gasteiger partial charge < -0.3 is 0 Å². The summed E-state index contributed by atoms with van der Waals surface area (Å²) in [6.07, 6.45) is -0.503. The summed E-state index contributed by atoms with van der Waals surface area (Å²) >= 11 is 0. The largest absolute Gasteiger partial charge is 0.330 e. The monoisotopic (exact) mass is 236 g/mol. The molecule has 15 heavy (non-hydrogen) atoms. The first-order valence-electron chi connectivity index (χ1n) is 3.89. The Labute approximate surface area is 85.0 Å². The van der Waals surface area contributed by atoms with Crippen LogP contribution in [-0.2, 0) is 19.7 Å². The number of rotatable bonds is 3. The fourth-order valence-corrected chi connectivity index (χ4v) is 1.42. The Morgan fingerprint density at radius 2 is 1.93 bits per heavy atom. The molecule has 0 aromatic carbocycles. The minimum Gasteiger partial charge on any atom is -0.285 e. The van der Waals surface area contributed by atoms with Crippen LogP contribution in [0.15, 0.2) is 0 Å². The molecule has 0 aliphatic carbocycles. The van der Waals surface area contributed by atoms with E-state index < -0.39 is 46.7 Å². The fourth-order valence-electron chi connectivity index (χ4n) is 1.01. The number of carbonyl (C=O) groups is 3. The van der Waals surface area contributed by atoms with Crippen LogP contribution in [0.3, 0.4) is 0 Å². The average molecular weight is 236 g/mol. The lowest BCUT2D eigenvalue weighted by Gasteiger charge is -2.23. The van der Waals surface area contributed by atoms with Crippen LogP contribution >= 0.6 is 0 Å². The average Bonchev–Trinajstić information content (AvgIpc) is 1.99. The Morgan fingerprint density at radius 3 is 2.40 bits per heavy atom. The van der Waals surface area contributed by atoms with Gasteiger partial charge in [-0.15, -0.1) is 0 Å². The molecule has 8 nitrogen and oxygen atoms in total. The Bertz CT molecular complexity index is 393. The number of nitrogens with zero attached hydrogens (tertiary/aromatic N) is 1. The standard InChI is InChI=1S/C6H8N2O6S/c9-4-3-5(10)8(6(11)7-4)1-2-15(12,13)14/h1-3H2,(H,7,9,11)(H,12,13,14). The van der Waals surface area contributed by atoms with Gasteiger partial charge in [0.25, 0.3) is 10.1 Å². The molecule has 0 spiro atoms. The molecule has 2 N–H and O–H groups in total. The summed E-state index contributed by atoms with van der Waals surface area (Å²) in [6.45, 7) is -0.475. The van der Waals surface area contributed by atoms with Crippen LogP contribution in [0.5, 0.6) is 0 Å². The third-order valence-electron chi connectivity index (χ3n) is 1.68. The Kier molecular flexibility index (Phi) is 3.05. The third kappa shape index (κ3) is 3.29. The van der Waals surface area contributed by atoms with Gasteiger partial charge in [0.15, 0.2) is 0 Å². The van der Waals surface area contributed by atoms with Crippen molar-refractivity contribution in [1.82, 2.24) is 10.2 Å². The van der Waals surface area contributed by atoms with Crippen LogP contribution in [-0.4, -0.2) is 48.0 Å². The van der Waals surface area contributed by atoms with Gasteiger partial charge in [0.1, 0.15) is 6.42 Å². The minimum atomic E-state index is -4.24. The number of hydrogen-bond donors (Lipinski definition) is 2. The van der Waals surface area contributed by atoms with Crippen molar-refractivity contribution >= 4 is 28.0 Å². The van der Waals surface area contributed by atoms with E-state index in [0.717, 1.165) is 0 Å². The highest BCUT2D eigenvalue weighted by Crippen LogP contribution is 2.02. The molecule has 1 saturated heterocycles. The molecular weight excluding hydrogens is 228 g/mol. The smallest absolute Gasteiger partial charge is 0.285 e. The molecule has 0 aromatic heterocycles. The molecule has 0 bridgehead atoms. The zero-order valence-corrected chi connectivity index (χ0v) is 8.28. The van der Waals surface area contributed by atoms with Gasteiger partial charge in [-0.2, -0.15) is 8.42 Å². The highest BCUT2D eigenvalue weighted by molar-refractivity contribution is 7.85. The van der Waals surface area contributed by atoms with Gasteiger partial charge in [-0.3, -0.25) is 24.4 Å². The lowest BCUT2D eigenvalue weighted by Crippen LogP contribution is -2.53. The molecule has 0 saturated carbocycles. The maximum atomic E-state index is 11.1. The van der Waals surface area contributed by atoms with Gasteiger partial charge in [0.05, 0.1) is 5.75 Å². The molecule has 0 unspecified atom stereocenters. The van der Waals surface area contributed by atoms with Crippen molar-refractivity contribution in [2.75, 3.05) is 12.3 Å². The molecule has 9 heteroatoms. The summed E-state index contributed by atoms with van der Waals surface area (Å²) in [5.41, 5.74) is 0. The van der Waals surface area contributed by atoms with Crippen molar-refractivity contribution in [3.63, 3.8) is 0 Å². The van der Waals surface area contributed by atoms with E-state index in [-0.39, 0.29) is 0 Å². The number of imide groups is 2. The van der Waals surface area contributed by atoms with E-state index in [9.17, 15) is 22.8 Å². The van der Waals surface area contributed by atoms with E-state index in [1.165, 1.54) is 0 Å². The van der Waals surface area contributed by atoms with Crippen LogP contribution < -0.4 is 5.32 Å². The van der Waals surface area contributed by atoms with E-state index in [1.54, 1.807) is 0 Å². The second-order valence-electron chi connectivity index (χ2n) is 2.86. The Morgan fingerprint density at radius 1 is 1.33 bits per heavy atom. The number of urea groups is 1. The van der Waals surface area contributed by atoms with Crippen LogP contribution in [0.2, 0.25) is 0 Å². The van der Waals surface area contributed by atoms with E-state index in [1.807, 2.05) is 5.32 Å². The second kappa shape index (κ2) is 3.95. The SMILES string of the molecule is O=C1CC(=O)N(CCS(=O)(=O)O)C(=O)N1. The maximum Gasteiger partial charge on any atom is 0.330 e. The number of barbiturate groups is 1. The van der Waals surface area contributed by atoms with Crippen LogP contribution in [0.25, 0.3) is 0 Å². The molecule has 1 aliphatic heterocycles. The molecule has 1 fully saturated rings. The first-order chi connectivity index (χ1) is 6.79. The van der Waals surface area contributed by atoms with Crippen molar-refractivity contribution in [3.8, 4) is 0 Å². The molecule has 84 valence electrons. The number of nitrogens with one attached hydrogen (secondary N) is 1. The normalized spacial score (nSPS) is 17.9. The van der Waals surface area contributed by atoms with Gasteiger partial charge in [-0.25, -0.2) is 4.79 Å². The first-order valence-corrected chi connectivity index (χ1v) is 5.50. The summed E-state index contributed by atoms with van der Waals surface area (Å²) in [7, 11) is -4.24. The maximum absolute atomic E-state index is 11.1. The van der Waals surface area contributed by atoms with Crippen molar-refractivity contribution in [2.45, 2.75) is 6.42 Å². The first kappa shape index (κ1) is 11.6. The molecule has 0 radical (unpaired) electrons. The second-order valence-corrected chi connectivity index (χ2v) is 4.43. The molecule has 4 amide bonds. The lowest BCUT2D eigenvalue weighted by molar-refractivity contribution is -0.136. The molecule has 1 heterocycles. The van der Waals surface area contributed by atoms with Crippen molar-refractivity contribution in [1.29, 1.82) is 0 Å². The topological polar surface area (TPSA) is 121 Å². The zero-order chi connectivity index (χ0) is 11.6. The lowest BCUT2D eigenvalue weighted by atomic mass is 10.3. The van der Waals surface area contributed by atoms with E-state index in [0.29, 0.717) is 4.90 Å². The molecule has 0 aromatic rings. The highest BCUT2D eigenvalue weighted by Gasteiger charge is 2.31. The predicted octanol–water partition coefficient (Wildman–Crippen LogP) is -1.66. The predicted molar refractivity (Wildman–Crippen MR) is 46.3 cm³/mol. The fraction of sp³-hybridized carbons (Fsp3) is 0.500. The van der Waals surface area contributed by atoms with Gasteiger partial charge in [0.2, 0.25) is 11.8 Å². The Balaban J connectivity index is 2.65. The van der Waals surface area contributed by atoms with Gasteiger partial charge in [-0.1, -0.05) is 0 Å². The van der Waals surface area contributed by atoms with Crippen molar-refractivity contribution < 1.29 is 27.4 Å². The highest BCUT2D eigenvalue weighted by atomic mass is 32.2. The number of hydrogen-bond acceptors (Lipinski definition) is 5. The minimum absolute atomic E-state index is 0.475. The van der Waals surface area contributed by atoms with E-state index >= 15 is 0 Å². The van der Waals surface area contributed by atoms with Gasteiger partial charge >= 0.3 is 6.03 Å². The quantitative estimate of drug-likeness (QED) is 0.447. The van der Waals surface area contributed by atoms with E-state index in [2.05, 4.69) is 0 Å². The van der Waals surface area contributed by atoms with Crippen molar-refractivity contribution in [2.24, 2.45) is 0 Å². The Hall–Kier alpha value is -1.48. The molecular formula is C6H8N2O6S. The third-order valence-corrected chi connectivity index (χ3v) is 2.38. The molecule has 1 rings (SSSR count). The molecule has 0 atom stereocenters. The summed E-state index contributed by atoms with van der Waals surface area (Å²) in [6, 6.07) is -0.972. The number of amides is 4. The number of carbonyl (C=O) groups excluding carboxylic acids is 3. The summed E-state index contributed by atoms with van der Waals surface area (Å²) in [4.78, 5) is 33.4. The zero-order valence-electron chi connectivity index (χ0n) is 7.47.